The predicted molar refractivity (Wildman–Crippen MR) is 99.0 cm³/mol. The van der Waals surface area contributed by atoms with E-state index in [2.05, 4.69) is 54.0 Å². The van der Waals surface area contributed by atoms with Crippen molar-refractivity contribution in [2.45, 2.75) is 45.4 Å². The van der Waals surface area contributed by atoms with Crippen LogP contribution in [0, 0.1) is 11.8 Å². The second-order valence-electron chi connectivity index (χ2n) is 7.89. The van der Waals surface area contributed by atoms with Gasteiger partial charge in [0, 0.05) is 25.6 Å². The van der Waals surface area contributed by atoms with Crippen molar-refractivity contribution in [3.05, 3.63) is 35.9 Å². The molecule has 1 aromatic carbocycles. The van der Waals surface area contributed by atoms with Crippen LogP contribution in [0.15, 0.2) is 30.3 Å². The number of piperidine rings is 2. The highest BCUT2D eigenvalue weighted by atomic mass is 16.2. The van der Waals surface area contributed by atoms with Gasteiger partial charge in [0.2, 0.25) is 5.91 Å². The van der Waals surface area contributed by atoms with Crippen LogP contribution in [-0.2, 0) is 4.79 Å². The summed E-state index contributed by atoms with van der Waals surface area (Å²) in [5.41, 5.74) is 1.41. The number of carbonyl (C=O) groups excluding carboxylic acids is 1. The first-order valence-electron chi connectivity index (χ1n) is 9.69. The molecule has 2 fully saturated rings. The number of amides is 1. The highest BCUT2D eigenvalue weighted by molar-refractivity contribution is 5.79. The lowest BCUT2D eigenvalue weighted by molar-refractivity contribution is -0.138. The molecular weight excluding hydrogens is 296 g/mol. The number of benzene rings is 1. The Morgan fingerprint density at radius 1 is 1.04 bits per heavy atom. The smallest absolute Gasteiger partial charge is 0.225 e. The monoisotopic (exact) mass is 328 g/mol. The number of carbonyl (C=O) groups is 1. The molecule has 0 saturated carbocycles. The molecule has 3 rings (SSSR count). The second-order valence-corrected chi connectivity index (χ2v) is 7.89. The van der Waals surface area contributed by atoms with Gasteiger partial charge in [0.25, 0.3) is 0 Å². The van der Waals surface area contributed by atoms with E-state index in [1.54, 1.807) is 0 Å². The van der Waals surface area contributed by atoms with Gasteiger partial charge in [0.15, 0.2) is 0 Å². The van der Waals surface area contributed by atoms with Gasteiger partial charge in [-0.15, -0.1) is 0 Å². The molecule has 2 aliphatic heterocycles. The van der Waals surface area contributed by atoms with Crippen molar-refractivity contribution in [2.75, 3.05) is 32.7 Å². The normalized spacial score (nSPS) is 22.5. The molecule has 2 saturated heterocycles. The first-order chi connectivity index (χ1) is 11.6. The largest absolute Gasteiger partial charge is 0.342 e. The highest BCUT2D eigenvalue weighted by Gasteiger charge is 2.30. The quantitative estimate of drug-likeness (QED) is 0.840. The fourth-order valence-electron chi connectivity index (χ4n) is 4.12. The standard InChI is InChI=1S/C21H32N2O/c1-17-8-14-23(15-9-17)21(24)20-10-12-22(13-11-20)16-18(2)19-6-4-3-5-7-19/h3-7,17-18,20H,8-16H2,1-2H3/t18-/m0/s1. The van der Waals surface area contributed by atoms with E-state index in [1.165, 1.54) is 18.4 Å². The minimum absolute atomic E-state index is 0.265. The number of hydrogen-bond donors (Lipinski definition) is 0. The fraction of sp³-hybridized carbons (Fsp3) is 0.667. The van der Waals surface area contributed by atoms with Gasteiger partial charge in [-0.3, -0.25) is 4.79 Å². The van der Waals surface area contributed by atoms with Gasteiger partial charge >= 0.3 is 0 Å². The minimum Gasteiger partial charge on any atom is -0.342 e. The lowest BCUT2D eigenvalue weighted by atomic mass is 9.92. The van der Waals surface area contributed by atoms with Crippen LogP contribution in [0.5, 0.6) is 0 Å². The van der Waals surface area contributed by atoms with E-state index in [4.69, 9.17) is 0 Å². The van der Waals surface area contributed by atoms with Crippen LogP contribution in [0.2, 0.25) is 0 Å². The van der Waals surface area contributed by atoms with Crippen molar-refractivity contribution in [3.63, 3.8) is 0 Å². The van der Waals surface area contributed by atoms with E-state index in [9.17, 15) is 4.79 Å². The Balaban J connectivity index is 1.45. The van der Waals surface area contributed by atoms with Gasteiger partial charge < -0.3 is 9.80 Å². The van der Waals surface area contributed by atoms with Crippen LogP contribution in [-0.4, -0.2) is 48.4 Å². The molecular formula is C21H32N2O. The number of hydrogen-bond acceptors (Lipinski definition) is 2. The summed E-state index contributed by atoms with van der Waals surface area (Å²) in [5, 5.41) is 0. The molecule has 24 heavy (non-hydrogen) atoms. The summed E-state index contributed by atoms with van der Waals surface area (Å²) >= 11 is 0. The first-order valence-corrected chi connectivity index (χ1v) is 9.69. The Bertz CT molecular complexity index is 514. The van der Waals surface area contributed by atoms with Crippen LogP contribution in [0.3, 0.4) is 0 Å². The Morgan fingerprint density at radius 2 is 1.67 bits per heavy atom. The van der Waals surface area contributed by atoms with Gasteiger partial charge in [0.05, 0.1) is 0 Å². The third-order valence-corrected chi connectivity index (χ3v) is 5.93. The summed E-state index contributed by atoms with van der Waals surface area (Å²) < 4.78 is 0. The average Bonchev–Trinajstić information content (AvgIpc) is 2.63. The topological polar surface area (TPSA) is 23.6 Å². The summed E-state index contributed by atoms with van der Waals surface area (Å²) in [4.78, 5) is 17.4. The van der Waals surface area contributed by atoms with Crippen molar-refractivity contribution in [2.24, 2.45) is 11.8 Å². The van der Waals surface area contributed by atoms with Crippen LogP contribution < -0.4 is 0 Å². The fourth-order valence-corrected chi connectivity index (χ4v) is 4.12. The minimum atomic E-state index is 0.265. The maximum absolute atomic E-state index is 12.7. The molecule has 0 bridgehead atoms. The second kappa shape index (κ2) is 8.15. The molecule has 1 atom stereocenters. The maximum Gasteiger partial charge on any atom is 0.225 e. The third kappa shape index (κ3) is 4.38. The van der Waals surface area contributed by atoms with Gasteiger partial charge in [-0.1, -0.05) is 44.2 Å². The third-order valence-electron chi connectivity index (χ3n) is 5.93. The number of rotatable bonds is 4. The number of nitrogens with zero attached hydrogens (tertiary/aromatic N) is 2. The lowest BCUT2D eigenvalue weighted by Crippen LogP contribution is -2.45. The van der Waals surface area contributed by atoms with Gasteiger partial charge in [-0.05, 0) is 56.2 Å². The SMILES string of the molecule is CC1CCN(C(=O)C2CCN(C[C@H](C)c3ccccc3)CC2)CC1. The van der Waals surface area contributed by atoms with Crippen molar-refractivity contribution in [1.29, 1.82) is 0 Å². The van der Waals surface area contributed by atoms with E-state index in [0.717, 1.165) is 51.5 Å². The van der Waals surface area contributed by atoms with E-state index < -0.39 is 0 Å². The molecule has 0 unspecified atom stereocenters. The molecule has 3 nitrogen and oxygen atoms in total. The van der Waals surface area contributed by atoms with Crippen LogP contribution in [0.1, 0.15) is 51.0 Å². The van der Waals surface area contributed by atoms with Crippen molar-refractivity contribution in [3.8, 4) is 0 Å². The number of likely N-dealkylation sites (tertiary alicyclic amines) is 2. The molecule has 1 amide bonds. The molecule has 2 heterocycles. The Labute approximate surface area is 147 Å². The summed E-state index contributed by atoms with van der Waals surface area (Å²) in [7, 11) is 0. The molecule has 132 valence electrons. The lowest BCUT2D eigenvalue weighted by Gasteiger charge is -2.37. The zero-order valence-electron chi connectivity index (χ0n) is 15.3. The summed E-state index contributed by atoms with van der Waals surface area (Å²) in [5.74, 6) is 2.04. The molecule has 0 radical (unpaired) electrons. The summed E-state index contributed by atoms with van der Waals surface area (Å²) in [6.07, 6.45) is 4.43. The summed E-state index contributed by atoms with van der Waals surface area (Å²) in [6, 6.07) is 10.8. The average molecular weight is 329 g/mol. The molecule has 0 N–H and O–H groups in total. The van der Waals surface area contributed by atoms with Gasteiger partial charge in [-0.25, -0.2) is 0 Å². The van der Waals surface area contributed by atoms with Gasteiger partial charge in [-0.2, -0.15) is 0 Å². The van der Waals surface area contributed by atoms with Crippen LogP contribution in [0.25, 0.3) is 0 Å². The Kier molecular flexibility index (Phi) is 5.94. The maximum atomic E-state index is 12.7. The molecule has 0 aliphatic carbocycles. The van der Waals surface area contributed by atoms with Crippen molar-refractivity contribution >= 4 is 5.91 Å². The molecule has 3 heteroatoms. The highest BCUT2D eigenvalue weighted by Crippen LogP contribution is 2.25. The van der Waals surface area contributed by atoms with Crippen LogP contribution >= 0.6 is 0 Å². The Morgan fingerprint density at radius 3 is 2.29 bits per heavy atom. The zero-order valence-corrected chi connectivity index (χ0v) is 15.3. The molecule has 0 aromatic heterocycles. The molecule has 2 aliphatic rings. The van der Waals surface area contributed by atoms with Gasteiger partial charge in [0.1, 0.15) is 0 Å². The van der Waals surface area contributed by atoms with E-state index in [-0.39, 0.29) is 5.92 Å². The van der Waals surface area contributed by atoms with E-state index in [0.29, 0.717) is 11.8 Å². The van der Waals surface area contributed by atoms with Crippen molar-refractivity contribution in [1.82, 2.24) is 9.80 Å². The first kappa shape index (κ1) is 17.5. The van der Waals surface area contributed by atoms with Crippen LogP contribution in [0.4, 0.5) is 0 Å². The zero-order chi connectivity index (χ0) is 16.9. The summed E-state index contributed by atoms with van der Waals surface area (Å²) in [6.45, 7) is 9.80. The predicted octanol–water partition coefficient (Wildman–Crippen LogP) is 3.76. The van der Waals surface area contributed by atoms with E-state index in [1.807, 2.05) is 0 Å². The van der Waals surface area contributed by atoms with Crippen molar-refractivity contribution < 1.29 is 4.79 Å². The molecule has 0 spiro atoms. The van der Waals surface area contributed by atoms with E-state index >= 15 is 0 Å². The Hall–Kier alpha value is -1.35. The molecule has 1 aromatic rings.